The van der Waals surface area contributed by atoms with Gasteiger partial charge in [-0.1, -0.05) is 90.1 Å². The van der Waals surface area contributed by atoms with Crippen molar-refractivity contribution in [1.82, 2.24) is 34.6 Å². The number of rotatable bonds is 11. The number of pyridine rings is 1. The summed E-state index contributed by atoms with van der Waals surface area (Å²) in [4.78, 5) is 28.3. The number of fused-ring (bicyclic) bond motifs is 1. The molecule has 4 rings (SSSR count). The van der Waals surface area contributed by atoms with E-state index in [0.717, 1.165) is 76.5 Å². The number of amides is 1. The molecule has 2 aromatic rings. The van der Waals surface area contributed by atoms with Crippen LogP contribution in [-0.4, -0.2) is 75.4 Å². The van der Waals surface area contributed by atoms with E-state index in [1.54, 1.807) is 13.0 Å². The highest BCUT2D eigenvalue weighted by molar-refractivity contribution is 5.72. The second kappa shape index (κ2) is 27.6. The van der Waals surface area contributed by atoms with Crippen LogP contribution in [0.2, 0.25) is 0 Å². The minimum Gasteiger partial charge on any atom is -0.351 e. The Kier molecular flexibility index (Phi) is 25.7. The standard InChI is InChI=1S/C23H35N7O.C9H14.C4H8.2C2H6/c1-18(31)25-14-22-20(26-16-30(22)17-29-12-10-27(2)11-13-29)15-28(3)21-8-4-6-19-7-5-9-24-23(19)21;1-4-6-7-8-9(3)5-2;1-3-4-2;2*1-2/h5,7,9,16,21H,4,6,8,10-15,17H2,1-3H3,(H,25,31);4,6-8H,1,5H2,2-3H3;3H,1,4H2,2H3;2*1-2H3/b;7-6-,9-8+;;;/t21-;;;;/m0..../s1. The minimum absolute atomic E-state index is 0.0166. The Labute approximate surface area is 294 Å². The van der Waals surface area contributed by atoms with Crippen molar-refractivity contribution in [3.8, 4) is 0 Å². The maximum atomic E-state index is 11.6. The zero-order valence-electron chi connectivity index (χ0n) is 32.3. The van der Waals surface area contributed by atoms with Crippen molar-refractivity contribution in [3.63, 3.8) is 0 Å². The number of allylic oxidation sites excluding steroid dienone is 6. The molecule has 1 N–H and O–H groups in total. The van der Waals surface area contributed by atoms with Crippen molar-refractivity contribution in [2.24, 2.45) is 0 Å². The van der Waals surface area contributed by atoms with E-state index in [0.29, 0.717) is 12.6 Å². The van der Waals surface area contributed by atoms with Crippen LogP contribution in [0.25, 0.3) is 0 Å². The fourth-order valence-electron chi connectivity index (χ4n) is 5.10. The maximum Gasteiger partial charge on any atom is 0.217 e. The molecule has 0 spiro atoms. The first-order chi connectivity index (χ1) is 23.2. The van der Waals surface area contributed by atoms with Gasteiger partial charge in [0.15, 0.2) is 0 Å². The first-order valence-electron chi connectivity index (χ1n) is 18.1. The van der Waals surface area contributed by atoms with E-state index in [1.165, 1.54) is 23.3 Å². The molecule has 0 unspecified atom stereocenters. The van der Waals surface area contributed by atoms with E-state index in [-0.39, 0.29) is 5.91 Å². The summed E-state index contributed by atoms with van der Waals surface area (Å²) in [6, 6.07) is 4.54. The zero-order valence-corrected chi connectivity index (χ0v) is 32.3. The summed E-state index contributed by atoms with van der Waals surface area (Å²) in [5, 5.41) is 2.98. The normalized spacial score (nSPS) is 16.1. The summed E-state index contributed by atoms with van der Waals surface area (Å²) in [5.41, 5.74) is 6.10. The van der Waals surface area contributed by atoms with Crippen LogP contribution in [0, 0.1) is 0 Å². The molecule has 8 nitrogen and oxygen atoms in total. The van der Waals surface area contributed by atoms with E-state index >= 15 is 0 Å². The number of carbonyl (C=O) groups is 1. The summed E-state index contributed by atoms with van der Waals surface area (Å²) in [5.74, 6) is -0.0166. The van der Waals surface area contributed by atoms with Crippen molar-refractivity contribution >= 4 is 5.91 Å². The number of likely N-dealkylation sites (N-methyl/N-ethyl adjacent to an activating group) is 1. The van der Waals surface area contributed by atoms with Gasteiger partial charge in [-0.25, -0.2) is 4.98 Å². The van der Waals surface area contributed by atoms with Crippen molar-refractivity contribution in [2.75, 3.05) is 40.3 Å². The Morgan fingerprint density at radius 2 is 1.73 bits per heavy atom. The molecule has 3 heterocycles. The average Bonchev–Trinajstić information content (AvgIpc) is 3.50. The van der Waals surface area contributed by atoms with Crippen LogP contribution in [0.1, 0.15) is 110 Å². The Morgan fingerprint density at radius 3 is 2.31 bits per heavy atom. The molecule has 1 saturated heterocycles. The van der Waals surface area contributed by atoms with Gasteiger partial charge in [0.1, 0.15) is 0 Å². The van der Waals surface area contributed by atoms with Crippen LogP contribution in [-0.2, 0) is 31.0 Å². The molecule has 2 aliphatic rings. The lowest BCUT2D eigenvalue weighted by Crippen LogP contribution is -2.45. The molecule has 0 aromatic carbocycles. The van der Waals surface area contributed by atoms with Gasteiger partial charge in [-0.3, -0.25) is 19.6 Å². The van der Waals surface area contributed by atoms with Gasteiger partial charge < -0.3 is 14.8 Å². The van der Waals surface area contributed by atoms with Crippen LogP contribution < -0.4 is 5.32 Å². The van der Waals surface area contributed by atoms with E-state index in [4.69, 9.17) is 9.97 Å². The summed E-state index contributed by atoms with van der Waals surface area (Å²) < 4.78 is 2.21. The number of hydrogen-bond donors (Lipinski definition) is 1. The SMILES string of the molecule is C=C/C=C\C=C(/C)CC.C=CCC.CC.CC.CC(=O)NCc1c(CN(C)[C@H]2CCCc3cccnc32)ncn1CN1CCN(C)CC1. The molecule has 48 heavy (non-hydrogen) atoms. The lowest BCUT2D eigenvalue weighted by atomic mass is 9.91. The highest BCUT2D eigenvalue weighted by atomic mass is 16.1. The number of nitrogens with one attached hydrogen (secondary N) is 1. The summed E-state index contributed by atoms with van der Waals surface area (Å²) >= 11 is 0. The van der Waals surface area contributed by atoms with Gasteiger partial charge in [0, 0.05) is 45.8 Å². The fourth-order valence-corrected chi connectivity index (χ4v) is 5.10. The molecule has 0 radical (unpaired) electrons. The molecule has 8 heteroatoms. The van der Waals surface area contributed by atoms with Crippen molar-refractivity contribution in [2.45, 2.75) is 113 Å². The predicted molar refractivity (Wildman–Crippen MR) is 207 cm³/mol. The van der Waals surface area contributed by atoms with Gasteiger partial charge in [0.25, 0.3) is 0 Å². The quantitative estimate of drug-likeness (QED) is 0.193. The number of carbonyl (C=O) groups excluding carboxylic acids is 1. The first-order valence-corrected chi connectivity index (χ1v) is 18.1. The lowest BCUT2D eigenvalue weighted by molar-refractivity contribution is -0.119. The zero-order chi connectivity index (χ0) is 36.3. The number of aromatic nitrogens is 3. The number of nitrogens with zero attached hydrogens (tertiary/aromatic N) is 6. The smallest absolute Gasteiger partial charge is 0.217 e. The topological polar surface area (TPSA) is 69.5 Å². The van der Waals surface area contributed by atoms with Crippen LogP contribution in [0.5, 0.6) is 0 Å². The Morgan fingerprint density at radius 1 is 1.06 bits per heavy atom. The van der Waals surface area contributed by atoms with E-state index < -0.39 is 0 Å². The number of imidazole rings is 1. The third-order valence-corrected chi connectivity index (χ3v) is 8.06. The van der Waals surface area contributed by atoms with Crippen molar-refractivity contribution in [1.29, 1.82) is 0 Å². The summed E-state index contributed by atoms with van der Waals surface area (Å²) in [6.07, 6.45) is 19.1. The van der Waals surface area contributed by atoms with Gasteiger partial charge in [-0.15, -0.1) is 6.58 Å². The number of aryl methyl sites for hydroxylation is 1. The Bertz CT molecular complexity index is 1210. The molecular formula is C40H69N7O. The molecule has 0 bridgehead atoms. The van der Waals surface area contributed by atoms with Gasteiger partial charge in [0.2, 0.25) is 5.91 Å². The highest BCUT2D eigenvalue weighted by Crippen LogP contribution is 2.32. The average molecular weight is 664 g/mol. The van der Waals surface area contributed by atoms with Crippen molar-refractivity contribution in [3.05, 3.63) is 96.4 Å². The molecule has 1 aliphatic carbocycles. The molecule has 0 saturated carbocycles. The van der Waals surface area contributed by atoms with E-state index in [9.17, 15) is 4.79 Å². The molecule has 270 valence electrons. The molecule has 1 aliphatic heterocycles. The molecular weight excluding hydrogens is 594 g/mol. The third-order valence-electron chi connectivity index (χ3n) is 8.06. The van der Waals surface area contributed by atoms with Gasteiger partial charge in [0.05, 0.1) is 42.7 Å². The summed E-state index contributed by atoms with van der Waals surface area (Å²) in [6.45, 7) is 29.3. The molecule has 1 atom stereocenters. The second-order valence-electron chi connectivity index (χ2n) is 11.6. The van der Waals surface area contributed by atoms with Gasteiger partial charge >= 0.3 is 0 Å². The van der Waals surface area contributed by atoms with Crippen molar-refractivity contribution < 1.29 is 4.79 Å². The van der Waals surface area contributed by atoms with Crippen LogP contribution >= 0.6 is 0 Å². The Balaban J connectivity index is 0.00000109. The molecule has 2 aromatic heterocycles. The second-order valence-corrected chi connectivity index (χ2v) is 11.6. The third kappa shape index (κ3) is 17.2. The predicted octanol–water partition coefficient (Wildman–Crippen LogP) is 8.35. The fraction of sp³-hybridized carbons (Fsp3) is 0.575. The Hall–Kier alpha value is -3.33. The number of piperazine rings is 1. The van der Waals surface area contributed by atoms with Crippen LogP contribution in [0.15, 0.2) is 73.8 Å². The highest BCUT2D eigenvalue weighted by Gasteiger charge is 2.26. The summed E-state index contributed by atoms with van der Waals surface area (Å²) in [7, 11) is 4.33. The molecule has 1 fully saturated rings. The number of hydrogen-bond acceptors (Lipinski definition) is 6. The van der Waals surface area contributed by atoms with Crippen LogP contribution in [0.4, 0.5) is 0 Å². The lowest BCUT2D eigenvalue weighted by Gasteiger charge is -2.33. The van der Waals surface area contributed by atoms with E-state index in [1.807, 2.05) is 64.5 Å². The first kappa shape index (κ1) is 44.7. The van der Waals surface area contributed by atoms with E-state index in [2.05, 4.69) is 84.8 Å². The molecule has 1 amide bonds. The van der Waals surface area contributed by atoms with Gasteiger partial charge in [-0.05, 0) is 64.8 Å². The van der Waals surface area contributed by atoms with Crippen LogP contribution in [0.3, 0.4) is 0 Å². The minimum atomic E-state index is -0.0166. The maximum absolute atomic E-state index is 11.6. The monoisotopic (exact) mass is 664 g/mol. The van der Waals surface area contributed by atoms with Gasteiger partial charge in [-0.2, -0.15) is 0 Å². The largest absolute Gasteiger partial charge is 0.351 e.